The number of hydrogen-bond donors (Lipinski definition) is 2. The van der Waals surface area contributed by atoms with Crippen molar-refractivity contribution < 1.29 is 8.42 Å². The van der Waals surface area contributed by atoms with E-state index >= 15 is 0 Å². The van der Waals surface area contributed by atoms with Gasteiger partial charge in [-0.2, -0.15) is 0 Å². The number of rotatable bonds is 7. The number of aryl methyl sites for hydroxylation is 2. The predicted molar refractivity (Wildman–Crippen MR) is 83.5 cm³/mol. The smallest absolute Gasteiger partial charge is 0.242 e. The Kier molecular flexibility index (Phi) is 5.15. The normalized spacial score (nSPS) is 12.0. The minimum atomic E-state index is -3.54. The molecule has 0 saturated heterocycles. The minimum Gasteiger partial charge on any atom is -0.349 e. The third-order valence-corrected chi connectivity index (χ3v) is 5.25. The van der Waals surface area contributed by atoms with Gasteiger partial charge in [-0.15, -0.1) is 11.3 Å². The summed E-state index contributed by atoms with van der Waals surface area (Å²) in [6, 6.07) is 1.63. The van der Waals surface area contributed by atoms with Crippen LogP contribution in [0, 0.1) is 6.92 Å². The molecule has 0 unspecified atom stereocenters. The van der Waals surface area contributed by atoms with Crippen LogP contribution in [0.5, 0.6) is 0 Å². The number of aromatic nitrogens is 2. The number of nitrogens with zero attached hydrogens (tertiary/aromatic N) is 2. The van der Waals surface area contributed by atoms with Gasteiger partial charge in [0.1, 0.15) is 0 Å². The molecule has 6 nitrogen and oxygen atoms in total. The molecule has 0 fully saturated rings. The van der Waals surface area contributed by atoms with Crippen molar-refractivity contribution in [3.8, 4) is 0 Å². The number of nitrogens with one attached hydrogen (secondary N) is 1. The van der Waals surface area contributed by atoms with Gasteiger partial charge in [-0.25, -0.2) is 18.1 Å². The summed E-state index contributed by atoms with van der Waals surface area (Å²) in [5, 5.41) is 2.77. The van der Waals surface area contributed by atoms with Crippen LogP contribution >= 0.6 is 11.3 Å². The SMILES string of the molecule is CCCn1cc(S(=O)(=O)NCc2csc(C)n2)cc1CN. The van der Waals surface area contributed by atoms with Crippen molar-refractivity contribution in [2.24, 2.45) is 5.73 Å². The van der Waals surface area contributed by atoms with E-state index in [1.165, 1.54) is 11.3 Å². The highest BCUT2D eigenvalue weighted by Gasteiger charge is 2.18. The van der Waals surface area contributed by atoms with E-state index in [0.717, 1.165) is 29.4 Å². The predicted octanol–water partition coefficient (Wildman–Crippen LogP) is 1.60. The molecule has 0 aliphatic heterocycles. The quantitative estimate of drug-likeness (QED) is 0.808. The maximum Gasteiger partial charge on any atom is 0.242 e. The highest BCUT2D eigenvalue weighted by molar-refractivity contribution is 7.89. The lowest BCUT2D eigenvalue weighted by atomic mass is 10.4. The largest absolute Gasteiger partial charge is 0.349 e. The molecule has 0 spiro atoms. The van der Waals surface area contributed by atoms with Crippen LogP contribution in [-0.4, -0.2) is 18.0 Å². The molecule has 21 heavy (non-hydrogen) atoms. The van der Waals surface area contributed by atoms with E-state index in [-0.39, 0.29) is 11.4 Å². The molecule has 2 rings (SSSR count). The number of sulfonamides is 1. The fraction of sp³-hybridized carbons (Fsp3) is 0.462. The van der Waals surface area contributed by atoms with E-state index in [1.807, 2.05) is 23.8 Å². The Morgan fingerprint density at radius 1 is 1.48 bits per heavy atom. The third-order valence-electron chi connectivity index (χ3n) is 3.05. The van der Waals surface area contributed by atoms with Crippen molar-refractivity contribution in [1.82, 2.24) is 14.3 Å². The summed E-state index contributed by atoms with van der Waals surface area (Å²) in [6.07, 6.45) is 2.56. The van der Waals surface area contributed by atoms with Crippen molar-refractivity contribution in [3.05, 3.63) is 34.0 Å². The summed E-state index contributed by atoms with van der Waals surface area (Å²) < 4.78 is 29.1. The van der Waals surface area contributed by atoms with Gasteiger partial charge >= 0.3 is 0 Å². The highest BCUT2D eigenvalue weighted by atomic mass is 32.2. The second kappa shape index (κ2) is 6.69. The Morgan fingerprint density at radius 2 is 2.24 bits per heavy atom. The van der Waals surface area contributed by atoms with Crippen LogP contribution in [0.15, 0.2) is 22.5 Å². The fourth-order valence-electron chi connectivity index (χ4n) is 2.03. The molecular weight excluding hydrogens is 308 g/mol. The first-order valence-corrected chi connectivity index (χ1v) is 9.12. The van der Waals surface area contributed by atoms with Crippen LogP contribution in [0.1, 0.15) is 29.7 Å². The van der Waals surface area contributed by atoms with Crippen molar-refractivity contribution in [1.29, 1.82) is 0 Å². The van der Waals surface area contributed by atoms with Crippen molar-refractivity contribution >= 4 is 21.4 Å². The van der Waals surface area contributed by atoms with Crippen LogP contribution in [0.2, 0.25) is 0 Å². The summed E-state index contributed by atoms with van der Waals surface area (Å²) >= 11 is 1.50. The minimum absolute atomic E-state index is 0.198. The lowest BCUT2D eigenvalue weighted by molar-refractivity contribution is 0.579. The molecule has 3 N–H and O–H groups in total. The van der Waals surface area contributed by atoms with Crippen LogP contribution < -0.4 is 10.5 Å². The molecule has 0 bridgehead atoms. The zero-order valence-electron chi connectivity index (χ0n) is 12.2. The van der Waals surface area contributed by atoms with Crippen LogP contribution in [0.25, 0.3) is 0 Å². The molecule has 0 saturated carbocycles. The van der Waals surface area contributed by atoms with E-state index in [2.05, 4.69) is 9.71 Å². The first kappa shape index (κ1) is 16.2. The number of hydrogen-bond acceptors (Lipinski definition) is 5. The zero-order chi connectivity index (χ0) is 15.5. The maximum atomic E-state index is 12.3. The molecule has 0 aliphatic carbocycles. The van der Waals surface area contributed by atoms with Gasteiger partial charge in [-0.05, 0) is 19.4 Å². The molecule has 0 aliphatic rings. The molecule has 0 aromatic carbocycles. The Balaban J connectivity index is 2.15. The zero-order valence-corrected chi connectivity index (χ0v) is 13.8. The average molecular weight is 328 g/mol. The summed E-state index contributed by atoms with van der Waals surface area (Å²) in [6.45, 7) is 5.20. The molecule has 2 aromatic heterocycles. The topological polar surface area (TPSA) is 90.0 Å². The van der Waals surface area contributed by atoms with E-state index in [0.29, 0.717) is 6.54 Å². The molecule has 0 radical (unpaired) electrons. The van der Waals surface area contributed by atoms with Gasteiger partial charge in [0.2, 0.25) is 10.0 Å². The Morgan fingerprint density at radius 3 is 2.81 bits per heavy atom. The molecule has 116 valence electrons. The van der Waals surface area contributed by atoms with Crippen LogP contribution in [-0.2, 0) is 29.7 Å². The third kappa shape index (κ3) is 3.91. The van der Waals surface area contributed by atoms with Crippen molar-refractivity contribution in [2.75, 3.05) is 0 Å². The summed E-state index contributed by atoms with van der Waals surface area (Å²) in [4.78, 5) is 4.50. The van der Waals surface area contributed by atoms with Crippen LogP contribution in [0.3, 0.4) is 0 Å². The van der Waals surface area contributed by atoms with Crippen molar-refractivity contribution in [2.45, 2.75) is 44.8 Å². The summed E-state index contributed by atoms with van der Waals surface area (Å²) in [7, 11) is -3.54. The van der Waals surface area contributed by atoms with Gasteiger partial charge < -0.3 is 10.3 Å². The van der Waals surface area contributed by atoms with E-state index < -0.39 is 10.0 Å². The van der Waals surface area contributed by atoms with Crippen molar-refractivity contribution in [3.63, 3.8) is 0 Å². The lowest BCUT2D eigenvalue weighted by Gasteiger charge is -2.04. The number of thiazole rings is 1. The van der Waals surface area contributed by atoms with Gasteiger partial charge in [0.05, 0.1) is 22.1 Å². The Bertz CT molecular complexity index is 704. The molecule has 2 aromatic rings. The lowest BCUT2D eigenvalue weighted by Crippen LogP contribution is -2.23. The molecule has 2 heterocycles. The summed E-state index contributed by atoms with van der Waals surface area (Å²) in [5.41, 5.74) is 7.21. The van der Waals surface area contributed by atoms with E-state index in [9.17, 15) is 8.42 Å². The molecule has 0 amide bonds. The number of nitrogens with two attached hydrogens (primary N) is 1. The van der Waals surface area contributed by atoms with Gasteiger partial charge in [0.15, 0.2) is 0 Å². The first-order chi connectivity index (χ1) is 9.96. The monoisotopic (exact) mass is 328 g/mol. The average Bonchev–Trinajstić information content (AvgIpc) is 3.04. The fourth-order valence-corrected chi connectivity index (χ4v) is 3.71. The molecule has 0 atom stereocenters. The van der Waals surface area contributed by atoms with Crippen LogP contribution in [0.4, 0.5) is 0 Å². The second-order valence-electron chi connectivity index (χ2n) is 4.75. The first-order valence-electron chi connectivity index (χ1n) is 6.76. The Labute approximate surface area is 129 Å². The van der Waals surface area contributed by atoms with Gasteiger partial charge in [0.25, 0.3) is 0 Å². The van der Waals surface area contributed by atoms with Gasteiger partial charge in [-0.1, -0.05) is 6.92 Å². The summed E-state index contributed by atoms with van der Waals surface area (Å²) in [5.74, 6) is 0. The standard InChI is InChI=1S/C13H20N4O2S2/c1-3-4-17-8-13(5-12(17)6-14)21(18,19)15-7-11-9-20-10(2)16-11/h5,8-9,15H,3-4,6-7,14H2,1-2H3. The van der Waals surface area contributed by atoms with Gasteiger partial charge in [-0.3, -0.25) is 0 Å². The maximum absolute atomic E-state index is 12.3. The molecule has 8 heteroatoms. The second-order valence-corrected chi connectivity index (χ2v) is 7.58. The Hall–Kier alpha value is -1.22. The van der Waals surface area contributed by atoms with Gasteiger partial charge in [0, 0.05) is 30.4 Å². The van der Waals surface area contributed by atoms with E-state index in [1.54, 1.807) is 12.3 Å². The molecular formula is C13H20N4O2S2. The van der Waals surface area contributed by atoms with E-state index in [4.69, 9.17) is 5.73 Å². The highest BCUT2D eigenvalue weighted by Crippen LogP contribution is 2.16.